The summed E-state index contributed by atoms with van der Waals surface area (Å²) in [6.07, 6.45) is 1.77. The number of thiocarbonyl (C=S) groups is 1. The number of ether oxygens (including phenoxy) is 1. The fraction of sp³-hybridized carbons (Fsp3) is 0.333. The molecule has 2 saturated heterocycles. The Morgan fingerprint density at radius 3 is 2.74 bits per heavy atom. The van der Waals surface area contributed by atoms with Crippen molar-refractivity contribution in [2.45, 2.75) is 12.1 Å². The van der Waals surface area contributed by atoms with Crippen molar-refractivity contribution in [3.63, 3.8) is 0 Å². The predicted octanol–water partition coefficient (Wildman–Crippen LogP) is 3.55. The lowest BCUT2D eigenvalue weighted by atomic mass is 10.0. The summed E-state index contributed by atoms with van der Waals surface area (Å²) in [5.74, 6) is 1.30. The van der Waals surface area contributed by atoms with Crippen molar-refractivity contribution in [2.24, 2.45) is 0 Å². The quantitative estimate of drug-likeness (QED) is 0.310. The molecule has 9 nitrogen and oxygen atoms in total. The largest absolute Gasteiger partial charge is 0.459 e. The second kappa shape index (κ2) is 9.88. The fourth-order valence-electron chi connectivity index (χ4n) is 4.47. The Bertz CT molecular complexity index is 1160. The van der Waals surface area contributed by atoms with E-state index in [0.717, 1.165) is 50.8 Å². The lowest BCUT2D eigenvalue weighted by molar-refractivity contribution is -0.384. The number of benzene rings is 1. The summed E-state index contributed by atoms with van der Waals surface area (Å²) >= 11 is 5.73. The summed E-state index contributed by atoms with van der Waals surface area (Å²) in [7, 11) is 0. The van der Waals surface area contributed by atoms with Crippen LogP contribution in [0.5, 0.6) is 0 Å². The second-order valence-electron chi connectivity index (χ2n) is 8.28. The van der Waals surface area contributed by atoms with Gasteiger partial charge in [0.05, 0.1) is 29.9 Å². The van der Waals surface area contributed by atoms with Gasteiger partial charge in [0.25, 0.3) is 5.69 Å². The standard InChI is InChI=1S/C24H25N5O4S/c30-29(31)18-5-3-4-17(16-18)20-7-8-21(33-20)23-22(19-6-1-2-9-25-19)26-24(34)28(23)11-10-27-12-14-32-15-13-27/h1-9,16,22-23H,10-15H2,(H,26,34)/t22-,23-/m1/s1. The van der Waals surface area contributed by atoms with Crippen LogP contribution in [0.4, 0.5) is 5.69 Å². The van der Waals surface area contributed by atoms with E-state index in [1.807, 2.05) is 30.3 Å². The summed E-state index contributed by atoms with van der Waals surface area (Å²) in [5, 5.41) is 15.3. The van der Waals surface area contributed by atoms with Gasteiger partial charge in [0.15, 0.2) is 5.11 Å². The molecule has 0 aliphatic carbocycles. The van der Waals surface area contributed by atoms with Gasteiger partial charge in [-0.1, -0.05) is 18.2 Å². The van der Waals surface area contributed by atoms with Gasteiger partial charge in [-0.15, -0.1) is 0 Å². The molecule has 5 rings (SSSR count). The number of morpholine rings is 1. The molecule has 2 aliphatic rings. The number of hydrogen-bond acceptors (Lipinski definition) is 7. The summed E-state index contributed by atoms with van der Waals surface area (Å²) in [6, 6.07) is 15.7. The number of nitrogens with one attached hydrogen (secondary N) is 1. The van der Waals surface area contributed by atoms with Crippen molar-refractivity contribution < 1.29 is 14.1 Å². The maximum Gasteiger partial charge on any atom is 0.270 e. The van der Waals surface area contributed by atoms with Crippen molar-refractivity contribution in [1.82, 2.24) is 20.1 Å². The maximum absolute atomic E-state index is 11.2. The van der Waals surface area contributed by atoms with Crippen LogP contribution in [0.25, 0.3) is 11.3 Å². The molecule has 2 aliphatic heterocycles. The van der Waals surface area contributed by atoms with Crippen LogP contribution < -0.4 is 5.32 Å². The third-order valence-electron chi connectivity index (χ3n) is 6.22. The molecule has 1 aromatic carbocycles. The zero-order chi connectivity index (χ0) is 23.5. The average Bonchev–Trinajstić information content (AvgIpc) is 3.48. The first kappa shape index (κ1) is 22.5. The molecular weight excluding hydrogens is 454 g/mol. The van der Waals surface area contributed by atoms with Gasteiger partial charge < -0.3 is 19.4 Å². The highest BCUT2D eigenvalue weighted by Gasteiger charge is 2.41. The highest BCUT2D eigenvalue weighted by atomic mass is 32.1. The third kappa shape index (κ3) is 4.65. The Labute approximate surface area is 202 Å². The Balaban J connectivity index is 1.45. The molecule has 34 heavy (non-hydrogen) atoms. The number of hydrogen-bond donors (Lipinski definition) is 1. The Morgan fingerprint density at radius 1 is 1.12 bits per heavy atom. The number of aromatic nitrogens is 1. The van der Waals surface area contributed by atoms with Gasteiger partial charge in [0.1, 0.15) is 17.6 Å². The fourth-order valence-corrected chi connectivity index (χ4v) is 4.80. The third-order valence-corrected chi connectivity index (χ3v) is 6.57. The number of non-ortho nitro benzene ring substituents is 1. The molecular formula is C24H25N5O4S. The number of nitro benzene ring substituents is 1. The number of nitro groups is 1. The Hall–Kier alpha value is -3.34. The van der Waals surface area contributed by atoms with Gasteiger partial charge in [0, 0.05) is 50.1 Å². The minimum absolute atomic E-state index is 0.0256. The summed E-state index contributed by atoms with van der Waals surface area (Å²) in [6.45, 7) is 4.88. The molecule has 0 amide bonds. The zero-order valence-electron chi connectivity index (χ0n) is 18.5. The van der Waals surface area contributed by atoms with Crippen molar-refractivity contribution in [1.29, 1.82) is 0 Å². The van der Waals surface area contributed by atoms with E-state index in [0.29, 0.717) is 16.4 Å². The first-order valence-corrected chi connectivity index (χ1v) is 11.6. The zero-order valence-corrected chi connectivity index (χ0v) is 19.3. The molecule has 4 heterocycles. The van der Waals surface area contributed by atoms with Gasteiger partial charge in [-0.05, 0) is 36.5 Å². The van der Waals surface area contributed by atoms with Crippen molar-refractivity contribution in [2.75, 3.05) is 39.4 Å². The van der Waals surface area contributed by atoms with Crippen LogP contribution in [-0.2, 0) is 4.74 Å². The molecule has 0 saturated carbocycles. The highest BCUT2D eigenvalue weighted by molar-refractivity contribution is 7.80. The van der Waals surface area contributed by atoms with Gasteiger partial charge in [-0.3, -0.25) is 20.0 Å². The van der Waals surface area contributed by atoms with Crippen LogP contribution in [-0.4, -0.2) is 64.2 Å². The minimum Gasteiger partial charge on any atom is -0.459 e. The van der Waals surface area contributed by atoms with Crippen LogP contribution in [0.15, 0.2) is 65.2 Å². The topological polar surface area (TPSA) is 96.9 Å². The second-order valence-corrected chi connectivity index (χ2v) is 8.67. The Kier molecular flexibility index (Phi) is 6.52. The van der Waals surface area contributed by atoms with Crippen LogP contribution in [0.3, 0.4) is 0 Å². The van der Waals surface area contributed by atoms with E-state index < -0.39 is 4.92 Å². The predicted molar refractivity (Wildman–Crippen MR) is 130 cm³/mol. The molecule has 1 N–H and O–H groups in total. The van der Waals surface area contributed by atoms with E-state index in [4.69, 9.17) is 21.4 Å². The highest BCUT2D eigenvalue weighted by Crippen LogP contribution is 2.40. The summed E-state index contributed by atoms with van der Waals surface area (Å²) in [4.78, 5) is 19.9. The van der Waals surface area contributed by atoms with Gasteiger partial charge in [-0.25, -0.2) is 0 Å². The van der Waals surface area contributed by atoms with E-state index in [1.54, 1.807) is 18.3 Å². The van der Waals surface area contributed by atoms with Crippen LogP contribution in [0, 0.1) is 10.1 Å². The summed E-state index contributed by atoms with van der Waals surface area (Å²) < 4.78 is 11.8. The van der Waals surface area contributed by atoms with E-state index >= 15 is 0 Å². The van der Waals surface area contributed by atoms with Crippen LogP contribution >= 0.6 is 12.2 Å². The SMILES string of the molecule is O=[N+]([O-])c1cccc(-c2ccc([C@@H]3[C@@H](c4ccccn4)NC(=S)N3CCN3CCOCC3)o2)c1. The average molecular weight is 480 g/mol. The molecule has 176 valence electrons. The first-order chi connectivity index (χ1) is 16.6. The number of pyridine rings is 1. The van der Waals surface area contributed by atoms with Gasteiger partial charge in [-0.2, -0.15) is 0 Å². The molecule has 2 fully saturated rings. The lowest BCUT2D eigenvalue weighted by Gasteiger charge is -2.31. The molecule has 2 aromatic heterocycles. The van der Waals surface area contributed by atoms with Crippen molar-refractivity contribution in [3.05, 3.63) is 82.4 Å². The molecule has 0 spiro atoms. The first-order valence-electron chi connectivity index (χ1n) is 11.2. The normalized spacial score (nSPS) is 20.9. The van der Waals surface area contributed by atoms with E-state index in [2.05, 4.69) is 20.1 Å². The maximum atomic E-state index is 11.2. The number of rotatable bonds is 7. The van der Waals surface area contributed by atoms with E-state index in [1.165, 1.54) is 12.1 Å². The number of furan rings is 1. The summed E-state index contributed by atoms with van der Waals surface area (Å²) in [5.41, 5.74) is 1.55. The molecule has 0 radical (unpaired) electrons. The van der Waals surface area contributed by atoms with E-state index in [9.17, 15) is 10.1 Å². The van der Waals surface area contributed by atoms with Crippen molar-refractivity contribution in [3.8, 4) is 11.3 Å². The molecule has 0 unspecified atom stereocenters. The number of nitrogens with zero attached hydrogens (tertiary/aromatic N) is 4. The molecule has 2 atom stereocenters. The molecule has 3 aromatic rings. The van der Waals surface area contributed by atoms with E-state index in [-0.39, 0.29) is 17.8 Å². The van der Waals surface area contributed by atoms with Crippen molar-refractivity contribution >= 4 is 23.0 Å². The lowest BCUT2D eigenvalue weighted by Crippen LogP contribution is -2.42. The minimum atomic E-state index is -0.406. The molecule has 10 heteroatoms. The van der Waals surface area contributed by atoms with Gasteiger partial charge >= 0.3 is 0 Å². The van der Waals surface area contributed by atoms with Crippen LogP contribution in [0.2, 0.25) is 0 Å². The monoisotopic (exact) mass is 479 g/mol. The molecule has 0 bridgehead atoms. The smallest absolute Gasteiger partial charge is 0.270 e. The van der Waals surface area contributed by atoms with Crippen LogP contribution in [0.1, 0.15) is 23.5 Å². The Morgan fingerprint density at radius 2 is 1.97 bits per heavy atom. The van der Waals surface area contributed by atoms with Gasteiger partial charge in [0.2, 0.25) is 0 Å².